The number of hydrogen-bond acceptors (Lipinski definition) is 2. The molecule has 0 aliphatic heterocycles. The van der Waals surface area contributed by atoms with Crippen LogP contribution in [0.5, 0.6) is 0 Å². The first-order chi connectivity index (χ1) is 5.74. The first kappa shape index (κ1) is 9.86. The van der Waals surface area contributed by atoms with Crippen molar-refractivity contribution in [2.45, 2.75) is 4.90 Å². The van der Waals surface area contributed by atoms with Gasteiger partial charge in [0, 0.05) is 20.8 Å². The average molecular weight is 250 g/mol. The number of halogens is 2. The molecule has 0 spiro atoms. The standard InChI is InChI=1S/C8H9BrFNS/c9-6-1-2-8(7(11)5-6)12-4-3-10/h1-2,5H,3-4,11H2. The van der Waals surface area contributed by atoms with Crippen LogP contribution < -0.4 is 5.73 Å². The van der Waals surface area contributed by atoms with Crippen molar-refractivity contribution in [2.24, 2.45) is 0 Å². The number of alkyl halides is 1. The number of rotatable bonds is 3. The Kier molecular flexibility index (Phi) is 3.88. The smallest absolute Gasteiger partial charge is 0.0988 e. The molecule has 0 aromatic heterocycles. The van der Waals surface area contributed by atoms with Gasteiger partial charge in [0.2, 0.25) is 0 Å². The van der Waals surface area contributed by atoms with Crippen LogP contribution in [-0.4, -0.2) is 12.4 Å². The Morgan fingerprint density at radius 1 is 1.50 bits per heavy atom. The number of hydrogen-bond donors (Lipinski definition) is 1. The molecule has 0 saturated carbocycles. The zero-order valence-corrected chi connectivity index (χ0v) is 8.79. The van der Waals surface area contributed by atoms with E-state index in [1.807, 2.05) is 18.2 Å². The maximum atomic E-state index is 11.8. The lowest BCUT2D eigenvalue weighted by atomic mass is 10.3. The van der Waals surface area contributed by atoms with Crippen molar-refractivity contribution in [1.82, 2.24) is 0 Å². The van der Waals surface area contributed by atoms with Gasteiger partial charge in [-0.1, -0.05) is 15.9 Å². The minimum absolute atomic E-state index is 0.319. The van der Waals surface area contributed by atoms with Crippen LogP contribution in [0.2, 0.25) is 0 Å². The largest absolute Gasteiger partial charge is 0.398 e. The summed E-state index contributed by atoms with van der Waals surface area (Å²) >= 11 is 4.74. The van der Waals surface area contributed by atoms with Crippen molar-refractivity contribution in [2.75, 3.05) is 18.2 Å². The highest BCUT2D eigenvalue weighted by atomic mass is 79.9. The summed E-state index contributed by atoms with van der Waals surface area (Å²) in [5, 5.41) is 0. The van der Waals surface area contributed by atoms with Gasteiger partial charge in [-0.2, -0.15) is 0 Å². The number of thioether (sulfide) groups is 1. The van der Waals surface area contributed by atoms with Crippen molar-refractivity contribution >= 4 is 33.4 Å². The van der Waals surface area contributed by atoms with E-state index in [1.54, 1.807) is 0 Å². The van der Waals surface area contributed by atoms with Crippen molar-refractivity contribution in [1.29, 1.82) is 0 Å². The minimum Gasteiger partial charge on any atom is -0.398 e. The second-order valence-electron chi connectivity index (χ2n) is 2.22. The highest BCUT2D eigenvalue weighted by Gasteiger charge is 1.99. The highest BCUT2D eigenvalue weighted by molar-refractivity contribution is 9.10. The molecule has 2 N–H and O–H groups in total. The van der Waals surface area contributed by atoms with Crippen LogP contribution in [0, 0.1) is 0 Å². The Morgan fingerprint density at radius 2 is 2.25 bits per heavy atom. The molecule has 0 aliphatic rings. The van der Waals surface area contributed by atoms with Crippen LogP contribution in [0.1, 0.15) is 0 Å². The second kappa shape index (κ2) is 4.72. The summed E-state index contributed by atoms with van der Waals surface area (Å²) in [5.41, 5.74) is 6.39. The molecular weight excluding hydrogens is 241 g/mol. The fraction of sp³-hybridized carbons (Fsp3) is 0.250. The van der Waals surface area contributed by atoms with Gasteiger partial charge in [0.15, 0.2) is 0 Å². The predicted molar refractivity (Wildman–Crippen MR) is 55.3 cm³/mol. The molecular formula is C8H9BrFNS. The van der Waals surface area contributed by atoms with Gasteiger partial charge in [0.1, 0.15) is 0 Å². The fourth-order valence-electron chi connectivity index (χ4n) is 0.799. The third kappa shape index (κ3) is 2.68. The summed E-state index contributed by atoms with van der Waals surface area (Å²) in [4.78, 5) is 0.941. The van der Waals surface area contributed by atoms with Gasteiger partial charge < -0.3 is 5.73 Å². The zero-order chi connectivity index (χ0) is 8.97. The third-order valence-corrected chi connectivity index (χ3v) is 2.84. The van der Waals surface area contributed by atoms with E-state index in [4.69, 9.17) is 5.73 Å². The first-order valence-electron chi connectivity index (χ1n) is 3.48. The zero-order valence-electron chi connectivity index (χ0n) is 6.39. The molecule has 0 unspecified atom stereocenters. The van der Waals surface area contributed by atoms with Crippen molar-refractivity contribution in [3.8, 4) is 0 Å². The molecule has 0 fully saturated rings. The maximum absolute atomic E-state index is 11.8. The van der Waals surface area contributed by atoms with Crippen LogP contribution in [0.15, 0.2) is 27.6 Å². The van der Waals surface area contributed by atoms with Gasteiger partial charge in [-0.15, -0.1) is 11.8 Å². The number of benzene rings is 1. The van der Waals surface area contributed by atoms with Crippen molar-refractivity contribution in [3.63, 3.8) is 0 Å². The van der Waals surface area contributed by atoms with E-state index in [0.717, 1.165) is 9.37 Å². The molecule has 12 heavy (non-hydrogen) atoms. The quantitative estimate of drug-likeness (QED) is 0.659. The first-order valence-corrected chi connectivity index (χ1v) is 5.25. The Bertz CT molecular complexity index is 267. The van der Waals surface area contributed by atoms with Crippen molar-refractivity contribution in [3.05, 3.63) is 22.7 Å². The summed E-state index contributed by atoms with van der Waals surface area (Å²) in [6.45, 7) is -0.319. The third-order valence-electron chi connectivity index (χ3n) is 1.31. The van der Waals surface area contributed by atoms with Gasteiger partial charge in [-0.3, -0.25) is 4.39 Å². The molecule has 66 valence electrons. The molecule has 1 rings (SSSR count). The van der Waals surface area contributed by atoms with Gasteiger partial charge in [0.05, 0.1) is 6.67 Å². The molecule has 0 heterocycles. The average Bonchev–Trinajstić information content (AvgIpc) is 2.03. The van der Waals surface area contributed by atoms with E-state index in [2.05, 4.69) is 15.9 Å². The van der Waals surface area contributed by atoms with E-state index < -0.39 is 0 Å². The molecule has 0 saturated heterocycles. The van der Waals surface area contributed by atoms with Crippen LogP contribution in [0.25, 0.3) is 0 Å². The molecule has 0 atom stereocenters. The van der Waals surface area contributed by atoms with Crippen LogP contribution in [0.4, 0.5) is 10.1 Å². The molecule has 4 heteroatoms. The maximum Gasteiger partial charge on any atom is 0.0988 e. The summed E-state index contributed by atoms with van der Waals surface area (Å²) in [6.07, 6.45) is 0. The van der Waals surface area contributed by atoms with Gasteiger partial charge in [-0.25, -0.2) is 0 Å². The monoisotopic (exact) mass is 249 g/mol. The lowest BCUT2D eigenvalue weighted by Crippen LogP contribution is -1.89. The molecule has 0 amide bonds. The lowest BCUT2D eigenvalue weighted by molar-refractivity contribution is 0.533. The Morgan fingerprint density at radius 3 is 2.83 bits per heavy atom. The predicted octanol–water partition coefficient (Wildman–Crippen LogP) is 3.09. The van der Waals surface area contributed by atoms with E-state index >= 15 is 0 Å². The molecule has 0 radical (unpaired) electrons. The van der Waals surface area contributed by atoms with Gasteiger partial charge in [-0.05, 0) is 18.2 Å². The van der Waals surface area contributed by atoms with Gasteiger partial charge >= 0.3 is 0 Å². The van der Waals surface area contributed by atoms with E-state index in [9.17, 15) is 4.39 Å². The van der Waals surface area contributed by atoms with E-state index in [1.165, 1.54) is 11.8 Å². The highest BCUT2D eigenvalue weighted by Crippen LogP contribution is 2.27. The van der Waals surface area contributed by atoms with Crippen LogP contribution in [0.3, 0.4) is 0 Å². The number of nitrogens with two attached hydrogens (primary N) is 1. The Balaban J connectivity index is 2.72. The van der Waals surface area contributed by atoms with Gasteiger partial charge in [0.25, 0.3) is 0 Å². The summed E-state index contributed by atoms with van der Waals surface area (Å²) in [5.74, 6) is 0.464. The molecule has 1 aromatic rings. The van der Waals surface area contributed by atoms with E-state index in [0.29, 0.717) is 11.4 Å². The SMILES string of the molecule is Nc1cc(Br)ccc1SCCF. The molecule has 1 aromatic carbocycles. The summed E-state index contributed by atoms with van der Waals surface area (Å²) in [6, 6.07) is 5.61. The van der Waals surface area contributed by atoms with E-state index in [-0.39, 0.29) is 6.67 Å². The topological polar surface area (TPSA) is 26.0 Å². The number of anilines is 1. The molecule has 0 bridgehead atoms. The molecule has 1 nitrogen and oxygen atoms in total. The van der Waals surface area contributed by atoms with Crippen molar-refractivity contribution < 1.29 is 4.39 Å². The second-order valence-corrected chi connectivity index (χ2v) is 4.27. The van der Waals surface area contributed by atoms with Crippen LogP contribution in [-0.2, 0) is 0 Å². The normalized spacial score (nSPS) is 10.2. The Hall–Kier alpha value is -0.220. The Labute approximate surface area is 83.7 Å². The fourth-order valence-corrected chi connectivity index (χ4v) is 1.87. The van der Waals surface area contributed by atoms with Crippen LogP contribution >= 0.6 is 27.7 Å². The lowest BCUT2D eigenvalue weighted by Gasteiger charge is -2.03. The molecule has 0 aliphatic carbocycles. The number of nitrogen functional groups attached to an aromatic ring is 1. The minimum atomic E-state index is -0.319. The summed E-state index contributed by atoms with van der Waals surface area (Å²) < 4.78 is 12.8. The summed E-state index contributed by atoms with van der Waals surface area (Å²) in [7, 11) is 0.